The zero-order valence-corrected chi connectivity index (χ0v) is 16.1. The maximum atomic E-state index is 12.0. The van der Waals surface area contributed by atoms with Crippen LogP contribution in [0.3, 0.4) is 0 Å². The minimum Gasteiger partial charge on any atom is -0.325 e. The molecule has 1 fully saturated rings. The summed E-state index contributed by atoms with van der Waals surface area (Å²) in [7, 11) is 2.01. The maximum absolute atomic E-state index is 12.0. The van der Waals surface area contributed by atoms with Crippen molar-refractivity contribution in [3.05, 3.63) is 28.7 Å². The highest BCUT2D eigenvalue weighted by molar-refractivity contribution is 9.10. The Morgan fingerprint density at radius 1 is 1.30 bits per heavy atom. The molecule has 1 heterocycles. The van der Waals surface area contributed by atoms with Crippen LogP contribution in [0.1, 0.15) is 25.7 Å². The van der Waals surface area contributed by atoms with E-state index < -0.39 is 0 Å². The fourth-order valence-corrected chi connectivity index (χ4v) is 3.27. The molecule has 2 rings (SSSR count). The van der Waals surface area contributed by atoms with Crippen molar-refractivity contribution >= 4 is 39.9 Å². The Hall–Kier alpha value is -0.620. The Labute approximate surface area is 153 Å². The molecule has 0 atom stereocenters. The molecule has 0 aromatic heterocycles. The molecular weight excluding hydrogens is 378 g/mol. The molecule has 0 unspecified atom stereocenters. The van der Waals surface area contributed by atoms with Crippen molar-refractivity contribution in [2.24, 2.45) is 5.92 Å². The van der Waals surface area contributed by atoms with Crippen LogP contribution in [-0.2, 0) is 4.79 Å². The number of hydrogen-bond donors (Lipinski definition) is 2. The van der Waals surface area contributed by atoms with Gasteiger partial charge in [0.1, 0.15) is 0 Å². The largest absolute Gasteiger partial charge is 0.325 e. The van der Waals surface area contributed by atoms with E-state index in [9.17, 15) is 4.79 Å². The van der Waals surface area contributed by atoms with E-state index in [1.54, 1.807) is 0 Å². The molecule has 6 heteroatoms. The highest BCUT2D eigenvalue weighted by Gasteiger charge is 2.19. The van der Waals surface area contributed by atoms with Crippen molar-refractivity contribution in [3.63, 3.8) is 0 Å². The third kappa shape index (κ3) is 7.21. The second-order valence-corrected chi connectivity index (χ2v) is 6.81. The van der Waals surface area contributed by atoms with Crippen molar-refractivity contribution in [1.82, 2.24) is 10.2 Å². The molecule has 2 N–H and O–H groups in total. The van der Waals surface area contributed by atoms with Crippen LogP contribution in [0.5, 0.6) is 0 Å². The third-order valence-electron chi connectivity index (χ3n) is 4.31. The smallest absolute Gasteiger partial charge is 0.225 e. The molecule has 1 aromatic carbocycles. The van der Waals surface area contributed by atoms with Crippen LogP contribution in [0.4, 0.5) is 5.69 Å². The average Bonchev–Trinajstić information content (AvgIpc) is 2.54. The Morgan fingerprint density at radius 2 is 2.00 bits per heavy atom. The second kappa shape index (κ2) is 11.0. The summed E-state index contributed by atoms with van der Waals surface area (Å²) >= 11 is 3.45. The molecule has 1 aliphatic heterocycles. The normalized spacial score (nSPS) is 15.9. The summed E-state index contributed by atoms with van der Waals surface area (Å²) in [6.45, 7) is 4.21. The van der Waals surface area contributed by atoms with E-state index >= 15 is 0 Å². The quantitative estimate of drug-likeness (QED) is 0.731. The number of anilines is 1. The van der Waals surface area contributed by atoms with Crippen LogP contribution in [0.15, 0.2) is 28.7 Å². The molecule has 4 nitrogen and oxygen atoms in total. The molecule has 1 amide bonds. The summed E-state index contributed by atoms with van der Waals surface area (Å²) in [4.78, 5) is 14.5. The molecule has 0 bridgehead atoms. The summed E-state index contributed by atoms with van der Waals surface area (Å²) in [5.74, 6) is 0.932. The first-order valence-corrected chi connectivity index (χ1v) is 8.89. The molecule has 1 aliphatic rings. The molecule has 130 valence electrons. The van der Waals surface area contributed by atoms with E-state index in [-0.39, 0.29) is 18.3 Å². The maximum Gasteiger partial charge on any atom is 0.225 e. The van der Waals surface area contributed by atoms with Crippen LogP contribution >= 0.6 is 28.3 Å². The van der Waals surface area contributed by atoms with Gasteiger partial charge in [-0.15, -0.1) is 12.4 Å². The monoisotopic (exact) mass is 403 g/mol. The zero-order valence-electron chi connectivity index (χ0n) is 13.7. The van der Waals surface area contributed by atoms with Gasteiger partial charge in [-0.1, -0.05) is 12.1 Å². The van der Waals surface area contributed by atoms with Crippen molar-refractivity contribution in [3.8, 4) is 0 Å². The number of hydrogen-bond acceptors (Lipinski definition) is 3. The number of piperidine rings is 1. The summed E-state index contributed by atoms with van der Waals surface area (Å²) < 4.78 is 0.925. The lowest BCUT2D eigenvalue weighted by Crippen LogP contribution is -2.36. The number of nitrogens with zero attached hydrogens (tertiary/aromatic N) is 1. The van der Waals surface area contributed by atoms with E-state index in [0.29, 0.717) is 6.42 Å². The number of benzene rings is 1. The van der Waals surface area contributed by atoms with Gasteiger partial charge in [-0.2, -0.15) is 0 Å². The Kier molecular flexibility index (Phi) is 9.79. The zero-order chi connectivity index (χ0) is 15.8. The minimum atomic E-state index is 0. The van der Waals surface area contributed by atoms with E-state index in [0.717, 1.165) is 42.3 Å². The summed E-state index contributed by atoms with van der Waals surface area (Å²) in [5, 5.41) is 6.19. The number of carbonyl (C=O) groups is 1. The molecule has 1 aromatic rings. The Balaban J connectivity index is 0.00000264. The molecule has 0 saturated carbocycles. The first kappa shape index (κ1) is 20.4. The fourth-order valence-electron chi connectivity index (χ4n) is 2.88. The van der Waals surface area contributed by atoms with Gasteiger partial charge in [-0.25, -0.2) is 0 Å². The molecule has 0 aliphatic carbocycles. The lowest BCUT2D eigenvalue weighted by molar-refractivity contribution is -0.116. The van der Waals surface area contributed by atoms with Gasteiger partial charge < -0.3 is 15.5 Å². The van der Waals surface area contributed by atoms with Crippen molar-refractivity contribution in [2.45, 2.75) is 25.7 Å². The van der Waals surface area contributed by atoms with Gasteiger partial charge in [0.05, 0.1) is 5.69 Å². The Morgan fingerprint density at radius 3 is 2.65 bits per heavy atom. The predicted molar refractivity (Wildman–Crippen MR) is 102 cm³/mol. The van der Waals surface area contributed by atoms with E-state index in [1.807, 2.05) is 31.3 Å². The van der Waals surface area contributed by atoms with Crippen molar-refractivity contribution < 1.29 is 4.79 Å². The third-order valence-corrected chi connectivity index (χ3v) is 5.00. The average molecular weight is 405 g/mol. The van der Waals surface area contributed by atoms with Crippen LogP contribution in [0.25, 0.3) is 0 Å². The highest BCUT2D eigenvalue weighted by Crippen LogP contribution is 2.22. The molecular formula is C17H27BrClN3O. The number of likely N-dealkylation sites (tertiary alicyclic amines) is 1. The standard InChI is InChI=1S/C17H26BrN3O.ClH/c1-19-10-6-14-7-11-21(12-8-14)13-9-17(22)20-16-5-3-2-4-15(16)18;/h2-5,14,19H,6-13H2,1H3,(H,20,22);1H. The number of amides is 1. The van der Waals surface area contributed by atoms with E-state index in [2.05, 4.69) is 31.5 Å². The number of nitrogens with one attached hydrogen (secondary N) is 2. The van der Waals surface area contributed by atoms with E-state index in [1.165, 1.54) is 19.3 Å². The van der Waals surface area contributed by atoms with E-state index in [4.69, 9.17) is 0 Å². The van der Waals surface area contributed by atoms with Crippen molar-refractivity contribution in [2.75, 3.05) is 38.5 Å². The van der Waals surface area contributed by atoms with Gasteiger partial charge in [-0.05, 0) is 79.9 Å². The lowest BCUT2D eigenvalue weighted by Gasteiger charge is -2.31. The van der Waals surface area contributed by atoms with Gasteiger partial charge >= 0.3 is 0 Å². The van der Waals surface area contributed by atoms with Crippen LogP contribution in [0, 0.1) is 5.92 Å². The Bertz CT molecular complexity index is 479. The van der Waals surface area contributed by atoms with Crippen LogP contribution < -0.4 is 10.6 Å². The fraction of sp³-hybridized carbons (Fsp3) is 0.588. The summed E-state index contributed by atoms with van der Waals surface area (Å²) in [5.41, 5.74) is 0.846. The summed E-state index contributed by atoms with van der Waals surface area (Å²) in [6, 6.07) is 7.72. The first-order chi connectivity index (χ1) is 10.7. The van der Waals surface area contributed by atoms with Gasteiger partial charge in [-0.3, -0.25) is 4.79 Å². The SMILES string of the molecule is CNCCC1CCN(CCC(=O)Nc2ccccc2Br)CC1.Cl. The molecule has 1 saturated heterocycles. The number of halogens is 2. The predicted octanol–water partition coefficient (Wildman–Crippen LogP) is 3.52. The number of rotatable bonds is 7. The molecule has 0 spiro atoms. The lowest BCUT2D eigenvalue weighted by atomic mass is 9.93. The van der Waals surface area contributed by atoms with Gasteiger partial charge in [0, 0.05) is 17.4 Å². The van der Waals surface area contributed by atoms with Gasteiger partial charge in [0.2, 0.25) is 5.91 Å². The molecule has 0 radical (unpaired) electrons. The van der Waals surface area contributed by atoms with Crippen molar-refractivity contribution in [1.29, 1.82) is 0 Å². The van der Waals surface area contributed by atoms with Gasteiger partial charge in [0.15, 0.2) is 0 Å². The highest BCUT2D eigenvalue weighted by atomic mass is 79.9. The van der Waals surface area contributed by atoms with Crippen LogP contribution in [-0.4, -0.2) is 44.0 Å². The summed E-state index contributed by atoms with van der Waals surface area (Å²) in [6.07, 6.45) is 4.34. The minimum absolute atomic E-state index is 0. The second-order valence-electron chi connectivity index (χ2n) is 5.96. The van der Waals surface area contributed by atoms with Gasteiger partial charge in [0.25, 0.3) is 0 Å². The molecule has 23 heavy (non-hydrogen) atoms. The van der Waals surface area contributed by atoms with Crippen LogP contribution in [0.2, 0.25) is 0 Å². The topological polar surface area (TPSA) is 44.4 Å². The first-order valence-electron chi connectivity index (χ1n) is 8.10. The number of para-hydroxylation sites is 1. The number of carbonyl (C=O) groups excluding carboxylic acids is 1.